The molecule has 0 unspecified atom stereocenters. The Morgan fingerprint density at radius 2 is 2.04 bits per heavy atom. The van der Waals surface area contributed by atoms with Gasteiger partial charge >= 0.3 is 0 Å². The third kappa shape index (κ3) is 4.22. The van der Waals surface area contributed by atoms with Gasteiger partial charge in [-0.2, -0.15) is 0 Å². The Kier molecular flexibility index (Phi) is 5.54. The minimum Gasteiger partial charge on any atom is -0.376 e. The van der Waals surface area contributed by atoms with Gasteiger partial charge < -0.3 is 19.9 Å². The number of para-hydroxylation sites is 1. The second-order valence-corrected chi connectivity index (χ2v) is 7.62. The monoisotopic (exact) mass is 390 g/mol. The van der Waals surface area contributed by atoms with Crippen molar-refractivity contribution in [2.24, 2.45) is 0 Å². The van der Waals surface area contributed by atoms with Gasteiger partial charge in [0, 0.05) is 44.7 Å². The van der Waals surface area contributed by atoms with Gasteiger partial charge in [0.1, 0.15) is 11.5 Å². The van der Waals surface area contributed by atoms with Crippen molar-refractivity contribution in [3.8, 4) is 0 Å². The summed E-state index contributed by atoms with van der Waals surface area (Å²) in [5.74, 6) is -0.344. The number of aromatic nitrogens is 1. The van der Waals surface area contributed by atoms with Crippen LogP contribution in [0.25, 0.3) is 0 Å². The number of piperazine rings is 1. The molecule has 1 atom stereocenters. The third-order valence-corrected chi connectivity index (χ3v) is 5.88. The zero-order valence-electron chi connectivity index (χ0n) is 15.1. The van der Waals surface area contributed by atoms with Crippen molar-refractivity contribution in [3.63, 3.8) is 0 Å². The summed E-state index contributed by atoms with van der Waals surface area (Å²) in [6.07, 6.45) is 2.17. The molecule has 144 valence electrons. The first-order valence-corrected chi connectivity index (χ1v) is 10.2. The summed E-state index contributed by atoms with van der Waals surface area (Å²) in [6, 6.07) is 6.86. The van der Waals surface area contributed by atoms with Crippen molar-refractivity contribution in [1.29, 1.82) is 0 Å². The Bertz CT molecular complexity index is 786. The maximum absolute atomic E-state index is 14.0. The fourth-order valence-electron chi connectivity index (χ4n) is 3.46. The van der Waals surface area contributed by atoms with Crippen molar-refractivity contribution in [2.45, 2.75) is 18.9 Å². The summed E-state index contributed by atoms with van der Waals surface area (Å²) in [5, 5.41) is 5.54. The molecule has 0 aliphatic carbocycles. The van der Waals surface area contributed by atoms with Crippen LogP contribution in [0, 0.1) is 5.82 Å². The van der Waals surface area contributed by atoms with Crippen LogP contribution in [0.1, 0.15) is 23.3 Å². The molecule has 1 aromatic heterocycles. The lowest BCUT2D eigenvalue weighted by atomic mass is 10.2. The van der Waals surface area contributed by atoms with Crippen LogP contribution >= 0.6 is 11.3 Å². The van der Waals surface area contributed by atoms with E-state index in [2.05, 4.69) is 20.1 Å². The highest BCUT2D eigenvalue weighted by atomic mass is 32.1. The molecular weight excluding hydrogens is 367 g/mol. The number of thiazole rings is 1. The van der Waals surface area contributed by atoms with Crippen LogP contribution in [0.2, 0.25) is 0 Å². The van der Waals surface area contributed by atoms with Crippen molar-refractivity contribution in [1.82, 2.24) is 10.3 Å². The van der Waals surface area contributed by atoms with Crippen molar-refractivity contribution >= 4 is 28.1 Å². The quantitative estimate of drug-likeness (QED) is 0.850. The average Bonchev–Trinajstić information content (AvgIpc) is 3.39. The number of benzene rings is 1. The van der Waals surface area contributed by atoms with Crippen molar-refractivity contribution in [2.75, 3.05) is 49.1 Å². The zero-order chi connectivity index (χ0) is 18.6. The summed E-state index contributed by atoms with van der Waals surface area (Å²) in [5.41, 5.74) is 1.09. The predicted molar refractivity (Wildman–Crippen MR) is 104 cm³/mol. The number of nitrogens with zero attached hydrogens (tertiary/aromatic N) is 3. The molecule has 1 N–H and O–H groups in total. The van der Waals surface area contributed by atoms with Gasteiger partial charge in [-0.3, -0.25) is 4.79 Å². The highest BCUT2D eigenvalue weighted by Gasteiger charge is 2.23. The number of halogens is 1. The Labute approximate surface area is 161 Å². The molecule has 1 amide bonds. The van der Waals surface area contributed by atoms with E-state index in [1.807, 2.05) is 12.1 Å². The van der Waals surface area contributed by atoms with E-state index < -0.39 is 0 Å². The number of hydrogen-bond acceptors (Lipinski definition) is 6. The molecule has 27 heavy (non-hydrogen) atoms. The van der Waals surface area contributed by atoms with E-state index in [9.17, 15) is 9.18 Å². The number of nitrogens with one attached hydrogen (secondary N) is 1. The van der Waals surface area contributed by atoms with Crippen LogP contribution in [0.3, 0.4) is 0 Å². The number of carbonyl (C=O) groups excluding carboxylic acids is 1. The van der Waals surface area contributed by atoms with E-state index in [4.69, 9.17) is 4.74 Å². The molecule has 1 aromatic carbocycles. The molecule has 2 aliphatic heterocycles. The van der Waals surface area contributed by atoms with Gasteiger partial charge in [-0.1, -0.05) is 12.1 Å². The zero-order valence-corrected chi connectivity index (χ0v) is 15.9. The molecule has 8 heteroatoms. The molecule has 0 radical (unpaired) electrons. The van der Waals surface area contributed by atoms with Crippen LogP contribution in [0.15, 0.2) is 29.6 Å². The maximum Gasteiger partial charge on any atom is 0.270 e. The second kappa shape index (κ2) is 8.22. The Morgan fingerprint density at radius 1 is 1.26 bits per heavy atom. The molecule has 0 spiro atoms. The lowest BCUT2D eigenvalue weighted by Crippen LogP contribution is -2.46. The van der Waals surface area contributed by atoms with E-state index in [0.29, 0.717) is 17.9 Å². The maximum atomic E-state index is 14.0. The van der Waals surface area contributed by atoms with Gasteiger partial charge in [-0.15, -0.1) is 11.3 Å². The van der Waals surface area contributed by atoms with Crippen LogP contribution in [0.5, 0.6) is 0 Å². The summed E-state index contributed by atoms with van der Waals surface area (Å²) in [4.78, 5) is 21.0. The predicted octanol–water partition coefficient (Wildman–Crippen LogP) is 2.52. The minimum absolute atomic E-state index is 0.124. The van der Waals surface area contributed by atoms with Crippen molar-refractivity contribution in [3.05, 3.63) is 41.2 Å². The fraction of sp³-hybridized carbons (Fsp3) is 0.474. The Balaban J connectivity index is 1.31. The lowest BCUT2D eigenvalue weighted by Gasteiger charge is -2.36. The van der Waals surface area contributed by atoms with Crippen LogP contribution in [-0.2, 0) is 4.74 Å². The largest absolute Gasteiger partial charge is 0.376 e. The van der Waals surface area contributed by atoms with E-state index >= 15 is 0 Å². The summed E-state index contributed by atoms with van der Waals surface area (Å²) < 4.78 is 19.5. The van der Waals surface area contributed by atoms with Gasteiger partial charge in [0.2, 0.25) is 0 Å². The molecule has 2 aliphatic rings. The number of ether oxygens (including phenoxy) is 1. The summed E-state index contributed by atoms with van der Waals surface area (Å²) in [6.45, 7) is 4.26. The van der Waals surface area contributed by atoms with Gasteiger partial charge in [0.05, 0.1) is 11.8 Å². The van der Waals surface area contributed by atoms with E-state index in [0.717, 1.165) is 50.8 Å². The average molecular weight is 390 g/mol. The molecule has 0 bridgehead atoms. The SMILES string of the molecule is O=C(NC[C@@H]1CCCO1)c1csc(N2CCN(c3ccccc3F)CC2)n1. The molecule has 2 saturated heterocycles. The minimum atomic E-state index is -0.189. The smallest absolute Gasteiger partial charge is 0.270 e. The topological polar surface area (TPSA) is 57.7 Å². The van der Waals surface area contributed by atoms with Crippen molar-refractivity contribution < 1.29 is 13.9 Å². The second-order valence-electron chi connectivity index (χ2n) is 6.79. The standard InChI is InChI=1S/C19H23FN4O2S/c20-15-5-1-2-6-17(15)23-7-9-24(10-8-23)19-22-16(13-27-19)18(25)21-12-14-4-3-11-26-14/h1-2,5-6,13-14H,3-4,7-12H2,(H,21,25)/t14-/m0/s1. The summed E-state index contributed by atoms with van der Waals surface area (Å²) >= 11 is 1.47. The van der Waals surface area contributed by atoms with Gasteiger partial charge in [-0.05, 0) is 25.0 Å². The third-order valence-electron chi connectivity index (χ3n) is 4.98. The number of rotatable bonds is 5. The van der Waals surface area contributed by atoms with Gasteiger partial charge in [0.25, 0.3) is 5.91 Å². The van der Waals surface area contributed by atoms with Crippen LogP contribution in [0.4, 0.5) is 15.2 Å². The number of carbonyl (C=O) groups is 1. The van der Waals surface area contributed by atoms with E-state index in [1.165, 1.54) is 17.4 Å². The lowest BCUT2D eigenvalue weighted by molar-refractivity contribution is 0.0854. The first-order valence-electron chi connectivity index (χ1n) is 9.30. The van der Waals surface area contributed by atoms with Gasteiger partial charge in [0.15, 0.2) is 5.13 Å². The van der Waals surface area contributed by atoms with Crippen LogP contribution < -0.4 is 15.1 Å². The molecular formula is C19H23FN4O2S. The molecule has 2 fully saturated rings. The number of anilines is 2. The fourth-order valence-corrected chi connectivity index (χ4v) is 4.32. The number of amides is 1. The van der Waals surface area contributed by atoms with E-state index in [1.54, 1.807) is 11.4 Å². The van der Waals surface area contributed by atoms with E-state index in [-0.39, 0.29) is 17.8 Å². The normalized spacial score (nSPS) is 20.1. The highest BCUT2D eigenvalue weighted by Crippen LogP contribution is 2.25. The first kappa shape index (κ1) is 18.2. The summed E-state index contributed by atoms with van der Waals surface area (Å²) in [7, 11) is 0. The molecule has 2 aromatic rings. The number of hydrogen-bond donors (Lipinski definition) is 1. The Morgan fingerprint density at radius 3 is 2.78 bits per heavy atom. The molecule has 3 heterocycles. The highest BCUT2D eigenvalue weighted by molar-refractivity contribution is 7.13. The molecule has 4 rings (SSSR count). The molecule has 0 saturated carbocycles. The van der Waals surface area contributed by atoms with Gasteiger partial charge in [-0.25, -0.2) is 9.37 Å². The van der Waals surface area contributed by atoms with Crippen LogP contribution in [-0.4, -0.2) is 56.3 Å². The Hall–Kier alpha value is -2.19. The first-order chi connectivity index (χ1) is 13.2. The molecule has 6 nitrogen and oxygen atoms in total.